The highest BCUT2D eigenvalue weighted by Crippen LogP contribution is 2.19. The molecule has 0 unspecified atom stereocenters. The van der Waals surface area contributed by atoms with Crippen molar-refractivity contribution in [2.45, 2.75) is 13.5 Å². The summed E-state index contributed by atoms with van der Waals surface area (Å²) < 4.78 is 13.3. The molecule has 1 fully saturated rings. The third-order valence-electron chi connectivity index (χ3n) is 3.67. The molecule has 0 spiro atoms. The zero-order chi connectivity index (χ0) is 13.9. The Morgan fingerprint density at radius 3 is 2.85 bits per heavy atom. The van der Waals surface area contributed by atoms with Crippen LogP contribution in [0, 0.1) is 12.7 Å². The molecule has 0 amide bonds. The molecule has 4 nitrogen and oxygen atoms in total. The van der Waals surface area contributed by atoms with Crippen molar-refractivity contribution in [1.29, 1.82) is 0 Å². The van der Waals surface area contributed by atoms with Gasteiger partial charge >= 0.3 is 0 Å². The molecule has 0 bridgehead atoms. The molecule has 0 radical (unpaired) electrons. The van der Waals surface area contributed by atoms with Crippen LogP contribution in [-0.4, -0.2) is 41.0 Å². The maximum absolute atomic E-state index is 13.3. The highest BCUT2D eigenvalue weighted by Gasteiger charge is 2.14. The first kappa shape index (κ1) is 13.3. The van der Waals surface area contributed by atoms with Crippen molar-refractivity contribution in [2.75, 3.05) is 26.2 Å². The lowest BCUT2D eigenvalue weighted by atomic mass is 10.2. The van der Waals surface area contributed by atoms with Gasteiger partial charge in [-0.2, -0.15) is 0 Å². The molecule has 2 heterocycles. The van der Waals surface area contributed by atoms with Crippen molar-refractivity contribution in [3.8, 4) is 11.4 Å². The summed E-state index contributed by atoms with van der Waals surface area (Å²) in [5.74, 6) is 0.507. The van der Waals surface area contributed by atoms with E-state index < -0.39 is 0 Å². The lowest BCUT2D eigenvalue weighted by Crippen LogP contribution is -2.43. The third kappa shape index (κ3) is 2.89. The number of aryl methyl sites for hydroxylation is 1. The molecule has 1 aromatic heterocycles. The zero-order valence-electron chi connectivity index (χ0n) is 11.6. The summed E-state index contributed by atoms with van der Waals surface area (Å²) in [6, 6.07) is 6.53. The van der Waals surface area contributed by atoms with Crippen LogP contribution in [0.2, 0.25) is 0 Å². The Morgan fingerprint density at radius 2 is 2.10 bits per heavy atom. The molecule has 3 rings (SSSR count). The quantitative estimate of drug-likeness (QED) is 0.899. The summed E-state index contributed by atoms with van der Waals surface area (Å²) in [5.41, 5.74) is 2.90. The summed E-state index contributed by atoms with van der Waals surface area (Å²) in [7, 11) is 0. The Bertz CT molecular complexity index is 587. The smallest absolute Gasteiger partial charge is 0.137 e. The number of nitrogens with one attached hydrogen (secondary N) is 2. The van der Waals surface area contributed by atoms with E-state index in [9.17, 15) is 4.39 Å². The second-order valence-electron chi connectivity index (χ2n) is 5.19. The number of nitrogens with zero attached hydrogens (tertiary/aromatic N) is 2. The second kappa shape index (κ2) is 5.73. The molecule has 1 aliphatic heterocycles. The molecule has 1 aliphatic rings. The average molecular weight is 274 g/mol. The molecule has 2 aromatic rings. The molecule has 1 aromatic carbocycles. The van der Waals surface area contributed by atoms with E-state index in [1.165, 1.54) is 12.1 Å². The van der Waals surface area contributed by atoms with E-state index in [0.717, 1.165) is 55.5 Å². The monoisotopic (exact) mass is 274 g/mol. The standard InChI is InChI=1S/C15H19FN4/c1-11-14(10-20-7-5-17-6-8-20)19-15(18-11)12-3-2-4-13(16)9-12/h2-4,9,17H,5-8,10H2,1H3,(H,18,19). The van der Waals surface area contributed by atoms with E-state index in [0.29, 0.717) is 0 Å². The molecular weight excluding hydrogens is 255 g/mol. The Balaban J connectivity index is 1.80. The van der Waals surface area contributed by atoms with Crippen LogP contribution in [-0.2, 0) is 6.54 Å². The minimum Gasteiger partial charge on any atom is -0.342 e. The number of aromatic amines is 1. The van der Waals surface area contributed by atoms with Gasteiger partial charge in [-0.15, -0.1) is 0 Å². The zero-order valence-corrected chi connectivity index (χ0v) is 11.6. The van der Waals surface area contributed by atoms with Gasteiger partial charge in [0.05, 0.1) is 5.69 Å². The predicted octanol–water partition coefficient (Wildman–Crippen LogP) is 1.93. The van der Waals surface area contributed by atoms with Crippen LogP contribution in [0.25, 0.3) is 11.4 Å². The van der Waals surface area contributed by atoms with Crippen LogP contribution in [0.15, 0.2) is 24.3 Å². The normalized spacial score (nSPS) is 16.5. The molecule has 2 N–H and O–H groups in total. The fourth-order valence-electron chi connectivity index (χ4n) is 2.50. The number of H-pyrrole nitrogens is 1. The molecule has 5 heteroatoms. The number of piperazine rings is 1. The molecule has 20 heavy (non-hydrogen) atoms. The first-order valence-corrected chi connectivity index (χ1v) is 6.97. The molecule has 106 valence electrons. The van der Waals surface area contributed by atoms with E-state index in [4.69, 9.17) is 0 Å². The maximum atomic E-state index is 13.3. The lowest BCUT2D eigenvalue weighted by Gasteiger charge is -2.26. The number of benzene rings is 1. The van der Waals surface area contributed by atoms with Gasteiger partial charge in [0.15, 0.2) is 0 Å². The first-order valence-electron chi connectivity index (χ1n) is 6.97. The number of hydrogen-bond acceptors (Lipinski definition) is 3. The van der Waals surface area contributed by atoms with E-state index >= 15 is 0 Å². The minimum atomic E-state index is -0.236. The summed E-state index contributed by atoms with van der Waals surface area (Å²) in [4.78, 5) is 10.3. The molecule has 1 saturated heterocycles. The largest absolute Gasteiger partial charge is 0.342 e. The van der Waals surface area contributed by atoms with Crippen molar-refractivity contribution in [1.82, 2.24) is 20.2 Å². The summed E-state index contributed by atoms with van der Waals surface area (Å²) in [6.45, 7) is 7.01. The molecule has 0 aliphatic carbocycles. The Labute approximate surface area is 118 Å². The third-order valence-corrected chi connectivity index (χ3v) is 3.67. The van der Waals surface area contributed by atoms with Crippen LogP contribution in [0.5, 0.6) is 0 Å². The van der Waals surface area contributed by atoms with Crippen LogP contribution >= 0.6 is 0 Å². The predicted molar refractivity (Wildman–Crippen MR) is 76.9 cm³/mol. The summed E-state index contributed by atoms with van der Waals surface area (Å²) in [5, 5.41) is 3.34. The van der Waals surface area contributed by atoms with Crippen molar-refractivity contribution in [3.05, 3.63) is 41.5 Å². The highest BCUT2D eigenvalue weighted by atomic mass is 19.1. The topological polar surface area (TPSA) is 44.0 Å². The average Bonchev–Trinajstić information content (AvgIpc) is 2.81. The van der Waals surface area contributed by atoms with Gasteiger partial charge in [-0.3, -0.25) is 4.90 Å². The fraction of sp³-hybridized carbons (Fsp3) is 0.400. The van der Waals surface area contributed by atoms with Crippen LogP contribution in [0.1, 0.15) is 11.4 Å². The Morgan fingerprint density at radius 1 is 1.30 bits per heavy atom. The second-order valence-corrected chi connectivity index (χ2v) is 5.19. The van der Waals surface area contributed by atoms with Gasteiger partial charge < -0.3 is 10.3 Å². The van der Waals surface area contributed by atoms with E-state index in [1.807, 2.05) is 13.0 Å². The van der Waals surface area contributed by atoms with Crippen molar-refractivity contribution in [3.63, 3.8) is 0 Å². The highest BCUT2D eigenvalue weighted by molar-refractivity contribution is 5.55. The maximum Gasteiger partial charge on any atom is 0.137 e. The summed E-state index contributed by atoms with van der Waals surface area (Å²) in [6.07, 6.45) is 0. The number of imidazole rings is 1. The van der Waals surface area contributed by atoms with Gasteiger partial charge in [-0.05, 0) is 19.1 Å². The van der Waals surface area contributed by atoms with Crippen LogP contribution < -0.4 is 5.32 Å². The minimum absolute atomic E-state index is 0.236. The Hall–Kier alpha value is -1.72. The van der Waals surface area contributed by atoms with Gasteiger partial charge in [0.1, 0.15) is 11.6 Å². The number of aromatic nitrogens is 2. The van der Waals surface area contributed by atoms with Crippen LogP contribution in [0.3, 0.4) is 0 Å². The van der Waals surface area contributed by atoms with Gasteiger partial charge in [0, 0.05) is 44.0 Å². The van der Waals surface area contributed by atoms with Crippen molar-refractivity contribution in [2.24, 2.45) is 0 Å². The number of hydrogen-bond donors (Lipinski definition) is 2. The van der Waals surface area contributed by atoms with E-state index in [2.05, 4.69) is 20.2 Å². The van der Waals surface area contributed by atoms with E-state index in [-0.39, 0.29) is 5.82 Å². The van der Waals surface area contributed by atoms with Crippen molar-refractivity contribution >= 4 is 0 Å². The van der Waals surface area contributed by atoms with E-state index in [1.54, 1.807) is 6.07 Å². The number of halogens is 1. The lowest BCUT2D eigenvalue weighted by molar-refractivity contribution is 0.230. The molecule has 0 atom stereocenters. The van der Waals surface area contributed by atoms with Gasteiger partial charge in [0.2, 0.25) is 0 Å². The van der Waals surface area contributed by atoms with Gasteiger partial charge in [-0.25, -0.2) is 9.37 Å². The Kier molecular flexibility index (Phi) is 3.80. The fourth-order valence-corrected chi connectivity index (χ4v) is 2.50. The van der Waals surface area contributed by atoms with Crippen molar-refractivity contribution < 1.29 is 4.39 Å². The number of rotatable bonds is 3. The first-order chi connectivity index (χ1) is 9.72. The van der Waals surface area contributed by atoms with Gasteiger partial charge in [0.25, 0.3) is 0 Å². The van der Waals surface area contributed by atoms with Gasteiger partial charge in [-0.1, -0.05) is 12.1 Å². The SMILES string of the molecule is Cc1[nH]c(-c2cccc(F)c2)nc1CN1CCNCC1. The van der Waals surface area contributed by atoms with Crippen LogP contribution in [0.4, 0.5) is 4.39 Å². The molecule has 0 saturated carbocycles. The molecular formula is C15H19FN4. The summed E-state index contributed by atoms with van der Waals surface area (Å²) >= 11 is 0.